The minimum absolute atomic E-state index is 0.00774. The van der Waals surface area contributed by atoms with Crippen molar-refractivity contribution in [1.29, 1.82) is 0 Å². The largest absolute Gasteiger partial charge is 0.294 e. The summed E-state index contributed by atoms with van der Waals surface area (Å²) in [4.78, 5) is 29.7. The fraction of sp³-hybridized carbons (Fsp3) is 0.318. The zero-order valence-electron chi connectivity index (χ0n) is 16.0. The zero-order valence-corrected chi connectivity index (χ0v) is 16.8. The molecule has 2 aromatic carbocycles. The van der Waals surface area contributed by atoms with Crippen LogP contribution >= 0.6 is 11.8 Å². The lowest BCUT2D eigenvalue weighted by Crippen LogP contribution is -2.25. The third-order valence-electron chi connectivity index (χ3n) is 4.32. The number of ketones is 1. The Balaban J connectivity index is 1.70. The number of aromatic nitrogens is 2. The maximum atomic E-state index is 13.0. The molecule has 4 nitrogen and oxygen atoms in total. The minimum Gasteiger partial charge on any atom is -0.294 e. The second-order valence-corrected chi connectivity index (χ2v) is 8.17. The molecule has 3 rings (SSSR count). The molecule has 0 atom stereocenters. The highest BCUT2D eigenvalue weighted by Crippen LogP contribution is 2.20. The lowest BCUT2D eigenvalue weighted by Gasteiger charge is -2.14. The van der Waals surface area contributed by atoms with E-state index in [0.717, 1.165) is 0 Å². The van der Waals surface area contributed by atoms with Crippen molar-refractivity contribution in [3.63, 3.8) is 0 Å². The van der Waals surface area contributed by atoms with Crippen LogP contribution in [0.5, 0.6) is 0 Å². The summed E-state index contributed by atoms with van der Waals surface area (Å²) in [6, 6.07) is 13.0. The van der Waals surface area contributed by atoms with Crippen LogP contribution in [0.2, 0.25) is 0 Å². The van der Waals surface area contributed by atoms with Gasteiger partial charge in [0.25, 0.3) is 5.56 Å². The molecule has 0 saturated heterocycles. The standard InChI is InChI=1S/C22H23FN2O2S/c1-15(2)14-25-21(27)18-6-3-4-7-19(18)24-22(25)28-13-5-8-20(26)16-9-11-17(23)12-10-16/h3-4,6-7,9-12,15H,5,8,13-14H2,1-2H3. The molecule has 0 unspecified atom stereocenters. The van der Waals surface area contributed by atoms with Gasteiger partial charge in [0.2, 0.25) is 0 Å². The van der Waals surface area contributed by atoms with Crippen LogP contribution in [-0.2, 0) is 6.54 Å². The first kappa shape index (κ1) is 20.3. The van der Waals surface area contributed by atoms with Gasteiger partial charge in [-0.05, 0) is 48.7 Å². The molecular weight excluding hydrogens is 375 g/mol. The molecule has 28 heavy (non-hydrogen) atoms. The fourth-order valence-corrected chi connectivity index (χ4v) is 3.91. The van der Waals surface area contributed by atoms with E-state index in [1.807, 2.05) is 18.2 Å². The number of hydrogen-bond acceptors (Lipinski definition) is 4. The third kappa shape index (κ3) is 4.87. The molecule has 0 aliphatic rings. The number of Topliss-reactive ketones (excluding diaryl/α,β-unsaturated/α-hetero) is 1. The Labute approximate surface area is 167 Å². The Morgan fingerprint density at radius 3 is 2.57 bits per heavy atom. The average molecular weight is 399 g/mol. The molecule has 3 aromatic rings. The van der Waals surface area contributed by atoms with E-state index in [1.165, 1.54) is 36.0 Å². The summed E-state index contributed by atoms with van der Waals surface area (Å²) in [5.74, 6) is 0.639. The highest BCUT2D eigenvalue weighted by atomic mass is 32.2. The van der Waals surface area contributed by atoms with Crippen LogP contribution in [0.4, 0.5) is 4.39 Å². The van der Waals surface area contributed by atoms with Gasteiger partial charge in [0.05, 0.1) is 10.9 Å². The van der Waals surface area contributed by atoms with E-state index >= 15 is 0 Å². The lowest BCUT2D eigenvalue weighted by atomic mass is 10.1. The third-order valence-corrected chi connectivity index (χ3v) is 5.38. The van der Waals surface area contributed by atoms with E-state index < -0.39 is 0 Å². The molecule has 0 bridgehead atoms. The first-order valence-corrected chi connectivity index (χ1v) is 10.4. The maximum Gasteiger partial charge on any atom is 0.262 e. The number of carbonyl (C=O) groups excluding carboxylic acids is 1. The van der Waals surface area contributed by atoms with Crippen molar-refractivity contribution in [3.8, 4) is 0 Å². The van der Waals surface area contributed by atoms with Crippen LogP contribution in [0.15, 0.2) is 58.5 Å². The predicted molar refractivity (Wildman–Crippen MR) is 112 cm³/mol. The number of thioether (sulfide) groups is 1. The summed E-state index contributed by atoms with van der Waals surface area (Å²) in [6.45, 7) is 4.74. The quantitative estimate of drug-likeness (QED) is 0.233. The van der Waals surface area contributed by atoms with Crippen LogP contribution in [0, 0.1) is 11.7 Å². The van der Waals surface area contributed by atoms with Gasteiger partial charge in [-0.25, -0.2) is 9.37 Å². The van der Waals surface area contributed by atoms with E-state index in [0.29, 0.717) is 52.7 Å². The van der Waals surface area contributed by atoms with Crippen molar-refractivity contribution < 1.29 is 9.18 Å². The average Bonchev–Trinajstić information content (AvgIpc) is 2.68. The molecule has 0 spiro atoms. The molecule has 1 heterocycles. The summed E-state index contributed by atoms with van der Waals surface area (Å²) in [6.07, 6.45) is 1.03. The van der Waals surface area contributed by atoms with Crippen LogP contribution in [-0.4, -0.2) is 21.1 Å². The predicted octanol–water partition coefficient (Wildman–Crippen LogP) is 4.95. The molecule has 146 valence electrons. The number of halogens is 1. The number of para-hydroxylation sites is 1. The Morgan fingerprint density at radius 1 is 1.14 bits per heavy atom. The topological polar surface area (TPSA) is 52.0 Å². The Morgan fingerprint density at radius 2 is 1.86 bits per heavy atom. The SMILES string of the molecule is CC(C)Cn1c(SCCCC(=O)c2ccc(F)cc2)nc2ccccc2c1=O. The van der Waals surface area contributed by atoms with Crippen molar-refractivity contribution in [1.82, 2.24) is 9.55 Å². The fourth-order valence-electron chi connectivity index (χ4n) is 2.96. The normalized spacial score (nSPS) is 11.3. The first-order chi connectivity index (χ1) is 13.5. The minimum atomic E-state index is -0.349. The van der Waals surface area contributed by atoms with Crippen molar-refractivity contribution in [2.45, 2.75) is 38.4 Å². The van der Waals surface area contributed by atoms with E-state index in [-0.39, 0.29) is 17.2 Å². The van der Waals surface area contributed by atoms with E-state index in [9.17, 15) is 14.0 Å². The molecule has 0 fully saturated rings. The van der Waals surface area contributed by atoms with E-state index in [4.69, 9.17) is 0 Å². The monoisotopic (exact) mass is 398 g/mol. The highest BCUT2D eigenvalue weighted by molar-refractivity contribution is 7.99. The number of fused-ring (bicyclic) bond motifs is 1. The smallest absolute Gasteiger partial charge is 0.262 e. The van der Waals surface area contributed by atoms with Crippen LogP contribution in [0.1, 0.15) is 37.0 Å². The summed E-state index contributed by atoms with van der Waals surface area (Å²) >= 11 is 1.50. The van der Waals surface area contributed by atoms with Gasteiger partial charge in [-0.1, -0.05) is 37.7 Å². The summed E-state index contributed by atoms with van der Waals surface area (Å²) in [7, 11) is 0. The summed E-state index contributed by atoms with van der Waals surface area (Å²) in [5.41, 5.74) is 1.19. The molecule has 0 aliphatic heterocycles. The molecule has 1 aromatic heterocycles. The van der Waals surface area contributed by atoms with Crippen molar-refractivity contribution >= 4 is 28.4 Å². The molecular formula is C22H23FN2O2S. The van der Waals surface area contributed by atoms with Gasteiger partial charge in [-0.3, -0.25) is 14.2 Å². The number of hydrogen-bond donors (Lipinski definition) is 0. The first-order valence-electron chi connectivity index (χ1n) is 9.37. The molecule has 0 radical (unpaired) electrons. The Hall–Kier alpha value is -2.47. The summed E-state index contributed by atoms with van der Waals surface area (Å²) < 4.78 is 14.7. The molecule has 0 saturated carbocycles. The number of nitrogens with zero attached hydrogens (tertiary/aromatic N) is 2. The summed E-state index contributed by atoms with van der Waals surface area (Å²) in [5, 5.41) is 1.31. The lowest BCUT2D eigenvalue weighted by molar-refractivity contribution is 0.0982. The zero-order chi connectivity index (χ0) is 20.1. The van der Waals surface area contributed by atoms with Crippen LogP contribution < -0.4 is 5.56 Å². The maximum absolute atomic E-state index is 13.0. The number of benzene rings is 2. The van der Waals surface area contributed by atoms with Crippen molar-refractivity contribution in [2.24, 2.45) is 5.92 Å². The number of carbonyl (C=O) groups is 1. The van der Waals surface area contributed by atoms with Gasteiger partial charge in [-0.2, -0.15) is 0 Å². The van der Waals surface area contributed by atoms with Crippen LogP contribution in [0.3, 0.4) is 0 Å². The Bertz CT molecular complexity index is 1030. The Kier molecular flexibility index (Phi) is 6.62. The second-order valence-electron chi connectivity index (χ2n) is 7.10. The van der Waals surface area contributed by atoms with Gasteiger partial charge in [0.1, 0.15) is 5.82 Å². The highest BCUT2D eigenvalue weighted by Gasteiger charge is 2.13. The van der Waals surface area contributed by atoms with E-state index in [1.54, 1.807) is 10.6 Å². The van der Waals surface area contributed by atoms with Gasteiger partial charge in [0, 0.05) is 24.3 Å². The molecule has 0 N–H and O–H groups in total. The van der Waals surface area contributed by atoms with Gasteiger partial charge < -0.3 is 0 Å². The van der Waals surface area contributed by atoms with Crippen molar-refractivity contribution in [2.75, 3.05) is 5.75 Å². The van der Waals surface area contributed by atoms with Gasteiger partial charge >= 0.3 is 0 Å². The molecule has 0 aliphatic carbocycles. The van der Waals surface area contributed by atoms with Gasteiger partial charge in [0.15, 0.2) is 10.9 Å². The second kappa shape index (κ2) is 9.15. The van der Waals surface area contributed by atoms with Crippen LogP contribution in [0.25, 0.3) is 10.9 Å². The molecule has 0 amide bonds. The van der Waals surface area contributed by atoms with E-state index in [2.05, 4.69) is 18.8 Å². The molecule has 6 heteroatoms. The number of rotatable bonds is 8. The van der Waals surface area contributed by atoms with Crippen molar-refractivity contribution in [3.05, 3.63) is 70.3 Å². The van der Waals surface area contributed by atoms with Gasteiger partial charge in [-0.15, -0.1) is 0 Å².